The molecule has 0 radical (unpaired) electrons. The van der Waals surface area contributed by atoms with Crippen LogP contribution in [0.4, 0.5) is 5.69 Å². The van der Waals surface area contributed by atoms with Crippen LogP contribution in [-0.2, 0) is 20.7 Å². The maximum Gasteiger partial charge on any atom is 0.337 e. The number of hydrogen-bond donors (Lipinski definition) is 1. The Balaban J connectivity index is 1.83. The van der Waals surface area contributed by atoms with E-state index in [9.17, 15) is 14.4 Å². The summed E-state index contributed by atoms with van der Waals surface area (Å²) < 4.78 is 4.71. The first-order valence-electron chi connectivity index (χ1n) is 9.28. The fourth-order valence-corrected chi connectivity index (χ4v) is 2.85. The highest BCUT2D eigenvalue weighted by molar-refractivity contribution is 5.95. The summed E-state index contributed by atoms with van der Waals surface area (Å²) in [5, 5.41) is 2.89. The summed E-state index contributed by atoms with van der Waals surface area (Å²) in [6, 6.07) is 16.7. The Hall–Kier alpha value is -3.15. The van der Waals surface area contributed by atoms with Gasteiger partial charge in [-0.1, -0.05) is 36.4 Å². The quantitative estimate of drug-likeness (QED) is 0.534. The first-order chi connectivity index (χ1) is 13.5. The topological polar surface area (TPSA) is 75.7 Å². The number of esters is 1. The highest BCUT2D eigenvalue weighted by Crippen LogP contribution is 2.17. The van der Waals surface area contributed by atoms with Crippen LogP contribution in [0.25, 0.3) is 0 Å². The van der Waals surface area contributed by atoms with E-state index in [1.165, 1.54) is 24.5 Å². The first kappa shape index (κ1) is 21.2. The van der Waals surface area contributed by atoms with Crippen LogP contribution >= 0.6 is 0 Å². The van der Waals surface area contributed by atoms with Gasteiger partial charge in [-0.2, -0.15) is 0 Å². The third kappa shape index (κ3) is 6.54. The van der Waals surface area contributed by atoms with Crippen molar-refractivity contribution in [2.24, 2.45) is 0 Å². The van der Waals surface area contributed by atoms with Gasteiger partial charge in [-0.05, 0) is 36.6 Å². The molecule has 0 saturated carbocycles. The number of benzene rings is 2. The zero-order chi connectivity index (χ0) is 20.4. The molecule has 0 atom stereocenters. The van der Waals surface area contributed by atoms with Gasteiger partial charge >= 0.3 is 5.97 Å². The van der Waals surface area contributed by atoms with Gasteiger partial charge in [0.2, 0.25) is 11.8 Å². The van der Waals surface area contributed by atoms with Crippen molar-refractivity contribution in [3.63, 3.8) is 0 Å². The first-order valence-corrected chi connectivity index (χ1v) is 9.28. The van der Waals surface area contributed by atoms with E-state index in [1.807, 2.05) is 18.2 Å². The second kappa shape index (κ2) is 10.9. The number of carbonyl (C=O) groups excluding carboxylic acids is 3. The van der Waals surface area contributed by atoms with Crippen molar-refractivity contribution in [2.45, 2.75) is 26.2 Å². The summed E-state index contributed by atoms with van der Waals surface area (Å²) in [5.74, 6) is -0.774. The second-order valence-corrected chi connectivity index (χ2v) is 6.40. The van der Waals surface area contributed by atoms with Crippen molar-refractivity contribution >= 4 is 23.5 Å². The van der Waals surface area contributed by atoms with Crippen LogP contribution in [0.2, 0.25) is 0 Å². The molecule has 6 heteroatoms. The number of hydrogen-bond acceptors (Lipinski definition) is 4. The monoisotopic (exact) mass is 382 g/mol. The van der Waals surface area contributed by atoms with E-state index in [-0.39, 0.29) is 24.8 Å². The molecular weight excluding hydrogens is 356 g/mol. The average Bonchev–Trinajstić information content (AvgIpc) is 2.71. The lowest BCUT2D eigenvalue weighted by atomic mass is 10.1. The molecule has 0 aliphatic carbocycles. The van der Waals surface area contributed by atoms with Gasteiger partial charge in [-0.25, -0.2) is 4.79 Å². The maximum atomic E-state index is 12.1. The minimum atomic E-state index is -0.471. The molecular formula is C22H26N2O4. The van der Waals surface area contributed by atoms with E-state index in [4.69, 9.17) is 4.74 Å². The van der Waals surface area contributed by atoms with Crippen molar-refractivity contribution in [3.05, 3.63) is 65.7 Å². The van der Waals surface area contributed by atoms with Crippen molar-refractivity contribution < 1.29 is 19.1 Å². The van der Waals surface area contributed by atoms with Crippen molar-refractivity contribution in [1.29, 1.82) is 0 Å². The molecule has 148 valence electrons. The van der Waals surface area contributed by atoms with Crippen molar-refractivity contribution in [3.8, 4) is 0 Å². The molecule has 28 heavy (non-hydrogen) atoms. The average molecular weight is 382 g/mol. The molecule has 0 fully saturated rings. The molecule has 0 aliphatic heterocycles. The van der Waals surface area contributed by atoms with Gasteiger partial charge < -0.3 is 15.0 Å². The molecule has 1 N–H and O–H groups in total. The summed E-state index contributed by atoms with van der Waals surface area (Å²) in [6.45, 7) is 2.26. The van der Waals surface area contributed by atoms with Gasteiger partial charge in [0.1, 0.15) is 0 Å². The Bertz CT molecular complexity index is 805. The van der Waals surface area contributed by atoms with Crippen LogP contribution in [0.3, 0.4) is 0 Å². The molecule has 2 rings (SSSR count). The summed E-state index contributed by atoms with van der Waals surface area (Å²) in [6.07, 6.45) is 1.95. The molecule has 0 bridgehead atoms. The van der Waals surface area contributed by atoms with Crippen LogP contribution in [-0.4, -0.2) is 38.0 Å². The van der Waals surface area contributed by atoms with Crippen LogP contribution in [0, 0.1) is 0 Å². The van der Waals surface area contributed by atoms with Crippen LogP contribution in [0.5, 0.6) is 0 Å². The molecule has 0 saturated heterocycles. The van der Waals surface area contributed by atoms with E-state index in [2.05, 4.69) is 17.4 Å². The van der Waals surface area contributed by atoms with E-state index in [0.29, 0.717) is 17.8 Å². The standard InChI is InChI=1S/C22H26N2O4/c1-17(25)24(20-12-6-11-19(16-20)22(27)28-2)15-13-21(26)23-14-7-10-18-8-4-3-5-9-18/h3-6,8-9,11-12,16H,7,10,13-15H2,1-2H3,(H,23,26). The largest absolute Gasteiger partial charge is 0.465 e. The second-order valence-electron chi connectivity index (χ2n) is 6.40. The highest BCUT2D eigenvalue weighted by atomic mass is 16.5. The lowest BCUT2D eigenvalue weighted by Gasteiger charge is -2.21. The van der Waals surface area contributed by atoms with Gasteiger partial charge in [-0.15, -0.1) is 0 Å². The van der Waals surface area contributed by atoms with E-state index in [1.54, 1.807) is 24.3 Å². The number of aryl methyl sites for hydroxylation is 1. The Labute approximate surface area is 165 Å². The Morgan fingerprint density at radius 2 is 1.79 bits per heavy atom. The summed E-state index contributed by atoms with van der Waals surface area (Å²) in [4.78, 5) is 37.3. The Morgan fingerprint density at radius 3 is 2.46 bits per heavy atom. The molecule has 0 spiro atoms. The van der Waals surface area contributed by atoms with Crippen LogP contribution in [0.15, 0.2) is 54.6 Å². The number of methoxy groups -OCH3 is 1. The zero-order valence-corrected chi connectivity index (χ0v) is 16.3. The predicted octanol–water partition coefficient (Wildman–Crippen LogP) is 2.97. The van der Waals surface area contributed by atoms with Crippen LogP contribution in [0.1, 0.15) is 35.7 Å². The number of nitrogens with one attached hydrogen (secondary N) is 1. The summed E-state index contributed by atoms with van der Waals surface area (Å²) >= 11 is 0. The third-order valence-corrected chi connectivity index (χ3v) is 4.33. The maximum absolute atomic E-state index is 12.1. The Kier molecular flexibility index (Phi) is 8.21. The van der Waals surface area contributed by atoms with E-state index < -0.39 is 5.97 Å². The molecule has 6 nitrogen and oxygen atoms in total. The van der Waals surface area contributed by atoms with E-state index in [0.717, 1.165) is 12.8 Å². The van der Waals surface area contributed by atoms with Gasteiger partial charge in [0, 0.05) is 32.1 Å². The summed E-state index contributed by atoms with van der Waals surface area (Å²) in [5.41, 5.74) is 2.16. The minimum Gasteiger partial charge on any atom is -0.465 e. The smallest absolute Gasteiger partial charge is 0.337 e. The molecule has 0 aliphatic rings. The molecule has 0 heterocycles. The number of anilines is 1. The predicted molar refractivity (Wildman–Crippen MR) is 108 cm³/mol. The Morgan fingerprint density at radius 1 is 1.04 bits per heavy atom. The van der Waals surface area contributed by atoms with Crippen molar-refractivity contribution in [1.82, 2.24) is 5.32 Å². The number of nitrogens with zero attached hydrogens (tertiary/aromatic N) is 1. The SMILES string of the molecule is COC(=O)c1cccc(N(CCC(=O)NCCCc2ccccc2)C(C)=O)c1. The lowest BCUT2D eigenvalue weighted by molar-refractivity contribution is -0.121. The van der Waals surface area contributed by atoms with Gasteiger partial charge in [0.25, 0.3) is 0 Å². The van der Waals surface area contributed by atoms with E-state index >= 15 is 0 Å². The lowest BCUT2D eigenvalue weighted by Crippen LogP contribution is -2.34. The number of rotatable bonds is 9. The fourth-order valence-electron chi connectivity index (χ4n) is 2.85. The zero-order valence-electron chi connectivity index (χ0n) is 16.3. The molecule has 0 aromatic heterocycles. The third-order valence-electron chi connectivity index (χ3n) is 4.33. The van der Waals surface area contributed by atoms with Crippen molar-refractivity contribution in [2.75, 3.05) is 25.1 Å². The molecule has 2 aromatic carbocycles. The number of ether oxygens (including phenoxy) is 1. The van der Waals surface area contributed by atoms with Crippen LogP contribution < -0.4 is 10.2 Å². The highest BCUT2D eigenvalue weighted by Gasteiger charge is 2.15. The minimum absolute atomic E-state index is 0.108. The molecule has 2 aromatic rings. The summed E-state index contributed by atoms with van der Waals surface area (Å²) in [7, 11) is 1.31. The van der Waals surface area contributed by atoms with Gasteiger partial charge in [0.15, 0.2) is 0 Å². The molecule has 0 unspecified atom stereocenters. The number of carbonyl (C=O) groups is 3. The number of amides is 2. The molecule has 2 amide bonds. The van der Waals surface area contributed by atoms with Gasteiger partial charge in [0.05, 0.1) is 12.7 Å². The fraction of sp³-hybridized carbons (Fsp3) is 0.318. The van der Waals surface area contributed by atoms with Gasteiger partial charge in [-0.3, -0.25) is 9.59 Å². The normalized spacial score (nSPS) is 10.2.